The van der Waals surface area contributed by atoms with Gasteiger partial charge in [-0.15, -0.1) is 0 Å². The molecular weight excluding hydrogens is 456 g/mol. The number of non-ortho nitro benzene ring substituents is 1. The van der Waals surface area contributed by atoms with Crippen LogP contribution < -0.4 is 4.74 Å². The second kappa shape index (κ2) is 10.6. The van der Waals surface area contributed by atoms with E-state index in [4.69, 9.17) is 4.74 Å². The van der Waals surface area contributed by atoms with Crippen molar-refractivity contribution in [1.29, 1.82) is 0 Å². The molecule has 0 aliphatic carbocycles. The van der Waals surface area contributed by atoms with Gasteiger partial charge in [0.1, 0.15) is 12.7 Å². The number of halogens is 4. The van der Waals surface area contributed by atoms with Crippen LogP contribution in [-0.2, 0) is 12.7 Å². The van der Waals surface area contributed by atoms with Crippen LogP contribution >= 0.6 is 0 Å². The number of nitro benzene ring substituents is 1. The Balaban J connectivity index is 1.55. The zero-order chi connectivity index (χ0) is 24.9. The predicted molar refractivity (Wildman–Crippen MR) is 118 cm³/mol. The van der Waals surface area contributed by atoms with Crippen LogP contribution in [0.5, 0.6) is 5.75 Å². The van der Waals surface area contributed by atoms with Crippen molar-refractivity contribution in [3.8, 4) is 16.9 Å². The van der Waals surface area contributed by atoms with E-state index in [1.807, 2.05) is 0 Å². The van der Waals surface area contributed by atoms with E-state index in [0.29, 0.717) is 12.1 Å². The fraction of sp³-hybridized carbons (Fsp3) is 0.250. The Labute approximate surface area is 193 Å². The highest BCUT2D eigenvalue weighted by Crippen LogP contribution is 2.36. The number of ether oxygens (including phenoxy) is 1. The fourth-order valence-electron chi connectivity index (χ4n) is 3.47. The Kier molecular flexibility index (Phi) is 7.85. The van der Waals surface area contributed by atoms with Gasteiger partial charge in [-0.1, -0.05) is 42.5 Å². The van der Waals surface area contributed by atoms with Crippen LogP contribution in [-0.4, -0.2) is 41.2 Å². The third-order valence-electron chi connectivity index (χ3n) is 5.03. The molecule has 0 aromatic heterocycles. The number of likely N-dealkylation sites (N-methyl/N-ethyl adjacent to an activating group) is 1. The molecule has 0 amide bonds. The van der Waals surface area contributed by atoms with Crippen molar-refractivity contribution in [2.24, 2.45) is 0 Å². The van der Waals surface area contributed by atoms with Crippen LogP contribution in [0.1, 0.15) is 11.1 Å². The van der Waals surface area contributed by atoms with E-state index < -0.39 is 34.3 Å². The highest BCUT2D eigenvalue weighted by atomic mass is 19.4. The zero-order valence-electron chi connectivity index (χ0n) is 18.1. The van der Waals surface area contributed by atoms with Gasteiger partial charge in [0.05, 0.1) is 16.6 Å². The zero-order valence-corrected chi connectivity index (χ0v) is 18.1. The maximum Gasteiger partial charge on any atom is 0.417 e. The molecule has 0 saturated heterocycles. The van der Waals surface area contributed by atoms with E-state index in [1.165, 1.54) is 12.1 Å². The first-order chi connectivity index (χ1) is 16.0. The van der Waals surface area contributed by atoms with Crippen LogP contribution in [0.3, 0.4) is 0 Å². The molecule has 3 rings (SSSR count). The highest BCUT2D eigenvalue weighted by Gasteiger charge is 2.33. The minimum atomic E-state index is -4.45. The van der Waals surface area contributed by atoms with Gasteiger partial charge in [0.2, 0.25) is 0 Å². The van der Waals surface area contributed by atoms with Crippen LogP contribution in [0.25, 0.3) is 11.1 Å². The molecule has 10 heteroatoms. The molecule has 0 radical (unpaired) electrons. The quantitative estimate of drug-likeness (QED) is 0.257. The van der Waals surface area contributed by atoms with Crippen LogP contribution in [0, 0.1) is 15.9 Å². The average Bonchev–Trinajstić information content (AvgIpc) is 2.78. The molecule has 180 valence electrons. The number of aliphatic hydroxyl groups excluding tert-OH is 1. The van der Waals surface area contributed by atoms with Gasteiger partial charge >= 0.3 is 6.18 Å². The van der Waals surface area contributed by atoms with Crippen LogP contribution in [0.15, 0.2) is 66.7 Å². The van der Waals surface area contributed by atoms with Gasteiger partial charge in [0.25, 0.3) is 5.69 Å². The summed E-state index contributed by atoms with van der Waals surface area (Å²) in [6.07, 6.45) is -5.43. The number of rotatable bonds is 9. The van der Waals surface area contributed by atoms with Crippen molar-refractivity contribution in [3.05, 3.63) is 93.8 Å². The summed E-state index contributed by atoms with van der Waals surface area (Å²) in [5, 5.41) is 20.8. The molecule has 6 nitrogen and oxygen atoms in total. The van der Waals surface area contributed by atoms with Gasteiger partial charge < -0.3 is 9.84 Å². The van der Waals surface area contributed by atoms with E-state index in [0.717, 1.165) is 29.8 Å². The molecule has 1 atom stereocenters. The number of benzene rings is 3. The van der Waals surface area contributed by atoms with E-state index in [9.17, 15) is 32.8 Å². The van der Waals surface area contributed by atoms with Gasteiger partial charge in [0.15, 0.2) is 11.6 Å². The molecular formula is C24H22F4N2O4. The third kappa shape index (κ3) is 6.52. The number of hydrogen-bond donors (Lipinski definition) is 1. The molecule has 34 heavy (non-hydrogen) atoms. The van der Waals surface area contributed by atoms with Crippen molar-refractivity contribution >= 4 is 5.69 Å². The van der Waals surface area contributed by atoms with Crippen molar-refractivity contribution in [3.63, 3.8) is 0 Å². The standard InChI is InChI=1S/C24H22F4N2O4/c1-29(14-19(31)15-34-23-11-10-18(30(32)33)12-22(23)25)13-16-6-8-17(9-7-16)20-4-2-3-5-21(20)24(26,27)28/h2-12,19,31H,13-15H2,1H3. The summed E-state index contributed by atoms with van der Waals surface area (Å²) in [6, 6.07) is 15.0. The van der Waals surface area contributed by atoms with E-state index in [1.54, 1.807) is 42.3 Å². The summed E-state index contributed by atoms with van der Waals surface area (Å²) in [5.41, 5.74) is 0.259. The van der Waals surface area contributed by atoms with E-state index >= 15 is 0 Å². The first-order valence-corrected chi connectivity index (χ1v) is 10.2. The second-order valence-corrected chi connectivity index (χ2v) is 7.77. The molecule has 1 N–H and O–H groups in total. The highest BCUT2D eigenvalue weighted by molar-refractivity contribution is 5.68. The Hall–Kier alpha value is -3.50. The fourth-order valence-corrected chi connectivity index (χ4v) is 3.47. The third-order valence-corrected chi connectivity index (χ3v) is 5.03. The molecule has 1 unspecified atom stereocenters. The summed E-state index contributed by atoms with van der Waals surface area (Å²) in [7, 11) is 1.74. The Morgan fingerprint density at radius 2 is 1.76 bits per heavy atom. The minimum absolute atomic E-state index is 0.0981. The van der Waals surface area contributed by atoms with Crippen LogP contribution in [0.2, 0.25) is 0 Å². The smallest absolute Gasteiger partial charge is 0.417 e. The van der Waals surface area contributed by atoms with Crippen LogP contribution in [0.4, 0.5) is 23.2 Å². The molecule has 0 aliphatic heterocycles. The largest absolute Gasteiger partial charge is 0.488 e. The SMILES string of the molecule is CN(Cc1ccc(-c2ccccc2C(F)(F)F)cc1)CC(O)COc1ccc([N+](=O)[O-])cc1F. The first-order valence-electron chi connectivity index (χ1n) is 10.2. The Morgan fingerprint density at radius 1 is 1.09 bits per heavy atom. The Morgan fingerprint density at radius 3 is 2.38 bits per heavy atom. The lowest BCUT2D eigenvalue weighted by Gasteiger charge is -2.21. The van der Waals surface area contributed by atoms with Crippen molar-refractivity contribution in [2.45, 2.75) is 18.8 Å². The normalized spacial score (nSPS) is 12.6. The summed E-state index contributed by atoms with van der Waals surface area (Å²) in [6.45, 7) is 0.351. The van der Waals surface area contributed by atoms with Gasteiger partial charge in [-0.05, 0) is 35.9 Å². The minimum Gasteiger partial charge on any atom is -0.488 e. The summed E-state index contributed by atoms with van der Waals surface area (Å²) in [4.78, 5) is 11.7. The Bertz CT molecular complexity index is 1140. The molecule has 0 bridgehead atoms. The number of nitrogens with zero attached hydrogens (tertiary/aromatic N) is 2. The maximum atomic E-state index is 13.9. The number of alkyl halides is 3. The summed E-state index contributed by atoms with van der Waals surface area (Å²) in [5.74, 6) is -1.11. The van der Waals surface area contributed by atoms with Crippen molar-refractivity contribution in [2.75, 3.05) is 20.2 Å². The molecule has 0 saturated carbocycles. The lowest BCUT2D eigenvalue weighted by Crippen LogP contribution is -2.32. The van der Waals surface area contributed by atoms with E-state index in [2.05, 4.69) is 0 Å². The molecule has 0 aliphatic rings. The summed E-state index contributed by atoms with van der Waals surface area (Å²) >= 11 is 0. The van der Waals surface area contributed by atoms with Crippen molar-refractivity contribution < 1.29 is 32.3 Å². The monoisotopic (exact) mass is 478 g/mol. The molecule has 3 aromatic carbocycles. The molecule has 3 aromatic rings. The van der Waals surface area contributed by atoms with Gasteiger partial charge in [-0.25, -0.2) is 4.39 Å². The van der Waals surface area contributed by atoms with Gasteiger partial charge in [0, 0.05) is 19.2 Å². The van der Waals surface area contributed by atoms with Crippen molar-refractivity contribution in [1.82, 2.24) is 4.90 Å². The number of aliphatic hydroxyl groups is 1. The predicted octanol–water partition coefficient (Wildman–Crippen LogP) is 5.29. The van der Waals surface area contributed by atoms with Gasteiger partial charge in [-0.3, -0.25) is 15.0 Å². The molecule has 0 fully saturated rings. The first kappa shape index (κ1) is 25.1. The number of nitro groups is 1. The average molecular weight is 478 g/mol. The lowest BCUT2D eigenvalue weighted by atomic mass is 9.98. The second-order valence-electron chi connectivity index (χ2n) is 7.77. The lowest BCUT2D eigenvalue weighted by molar-refractivity contribution is -0.385. The molecule has 0 heterocycles. The van der Waals surface area contributed by atoms with Gasteiger partial charge in [-0.2, -0.15) is 13.2 Å². The topological polar surface area (TPSA) is 75.8 Å². The van der Waals surface area contributed by atoms with E-state index in [-0.39, 0.29) is 24.5 Å². The maximum absolute atomic E-state index is 13.9. The number of hydrogen-bond acceptors (Lipinski definition) is 5. The molecule has 0 spiro atoms. The summed E-state index contributed by atoms with van der Waals surface area (Å²) < 4.78 is 58.9.